The van der Waals surface area contributed by atoms with E-state index in [0.29, 0.717) is 18.7 Å². The number of hydrogen-bond donors (Lipinski definition) is 1. The monoisotopic (exact) mass is 311 g/mol. The molecule has 0 saturated carbocycles. The third-order valence-corrected chi connectivity index (χ3v) is 4.70. The van der Waals surface area contributed by atoms with Gasteiger partial charge >= 0.3 is 0 Å². The van der Waals surface area contributed by atoms with Gasteiger partial charge in [0.25, 0.3) is 0 Å². The van der Waals surface area contributed by atoms with Gasteiger partial charge in [-0.05, 0) is 38.0 Å². The molecule has 0 aliphatic carbocycles. The van der Waals surface area contributed by atoms with Gasteiger partial charge in [-0.2, -0.15) is 5.10 Å². The van der Waals surface area contributed by atoms with Crippen LogP contribution in [0.2, 0.25) is 0 Å². The van der Waals surface area contributed by atoms with E-state index in [4.69, 9.17) is 0 Å². The number of sulfonamides is 1. The molecule has 2 rings (SSSR count). The molecule has 0 atom stereocenters. The van der Waals surface area contributed by atoms with Crippen LogP contribution in [0.25, 0.3) is 0 Å². The minimum atomic E-state index is -3.57. The van der Waals surface area contributed by atoms with E-state index in [-0.39, 0.29) is 17.3 Å². The lowest BCUT2D eigenvalue weighted by Gasteiger charge is -2.05. The van der Waals surface area contributed by atoms with Gasteiger partial charge in [0.1, 0.15) is 10.7 Å². The Hall–Kier alpha value is -1.73. The highest BCUT2D eigenvalue weighted by Gasteiger charge is 2.19. The Labute approximate surface area is 123 Å². The second-order valence-corrected chi connectivity index (χ2v) is 6.44. The van der Waals surface area contributed by atoms with Gasteiger partial charge in [-0.25, -0.2) is 17.5 Å². The number of nitrogens with zero attached hydrogens (tertiary/aromatic N) is 2. The topological polar surface area (TPSA) is 64.0 Å². The van der Waals surface area contributed by atoms with Crippen molar-refractivity contribution in [1.82, 2.24) is 14.5 Å². The van der Waals surface area contributed by atoms with Crippen LogP contribution in [0.3, 0.4) is 0 Å². The predicted molar refractivity (Wildman–Crippen MR) is 77.9 cm³/mol. The first-order valence-electron chi connectivity index (χ1n) is 6.70. The molecule has 0 radical (unpaired) electrons. The maximum Gasteiger partial charge on any atom is 0.243 e. The number of aromatic nitrogens is 2. The van der Waals surface area contributed by atoms with Gasteiger partial charge in [0.05, 0.1) is 5.69 Å². The lowest BCUT2D eigenvalue weighted by Crippen LogP contribution is -2.26. The molecule has 0 fully saturated rings. The molecule has 114 valence electrons. The normalized spacial score (nSPS) is 11.8. The molecular formula is C14H18FN3O2S. The van der Waals surface area contributed by atoms with Gasteiger partial charge in [-0.3, -0.25) is 4.68 Å². The van der Waals surface area contributed by atoms with Crippen molar-refractivity contribution in [2.75, 3.05) is 6.54 Å². The molecule has 1 aromatic carbocycles. The van der Waals surface area contributed by atoms with E-state index in [2.05, 4.69) is 9.82 Å². The molecule has 0 spiro atoms. The molecule has 0 amide bonds. The average molecular weight is 311 g/mol. The second-order valence-electron chi connectivity index (χ2n) is 4.71. The number of halogens is 1. The first-order chi connectivity index (χ1) is 9.92. The Kier molecular flexibility index (Phi) is 4.74. The maximum atomic E-state index is 12.8. The van der Waals surface area contributed by atoms with Gasteiger partial charge in [0, 0.05) is 19.3 Å². The molecule has 0 aliphatic heterocycles. The molecule has 2 aromatic rings. The molecule has 1 heterocycles. The summed E-state index contributed by atoms with van der Waals surface area (Å²) in [6, 6.07) is 6.01. The third-order valence-electron chi connectivity index (χ3n) is 3.13. The summed E-state index contributed by atoms with van der Waals surface area (Å²) in [7, 11) is -3.57. The largest absolute Gasteiger partial charge is 0.271 e. The van der Waals surface area contributed by atoms with Gasteiger partial charge in [-0.15, -0.1) is 0 Å². The quantitative estimate of drug-likeness (QED) is 0.886. The summed E-state index contributed by atoms with van der Waals surface area (Å²) in [5.41, 5.74) is 1.35. The average Bonchev–Trinajstić information content (AvgIpc) is 2.83. The van der Waals surface area contributed by atoms with Crippen LogP contribution in [0.15, 0.2) is 35.4 Å². The zero-order valence-corrected chi connectivity index (χ0v) is 12.8. The van der Waals surface area contributed by atoms with Crippen LogP contribution in [0.5, 0.6) is 0 Å². The molecule has 5 nitrogen and oxygen atoms in total. The van der Waals surface area contributed by atoms with Crippen molar-refractivity contribution in [3.63, 3.8) is 0 Å². The number of aryl methyl sites for hydroxylation is 2. The van der Waals surface area contributed by atoms with Gasteiger partial charge in [-0.1, -0.05) is 12.1 Å². The summed E-state index contributed by atoms with van der Waals surface area (Å²) in [6.45, 7) is 4.43. The Morgan fingerprint density at radius 3 is 2.52 bits per heavy atom. The molecule has 0 aliphatic rings. The van der Waals surface area contributed by atoms with Crippen molar-refractivity contribution < 1.29 is 12.8 Å². The Morgan fingerprint density at radius 2 is 1.95 bits per heavy atom. The fraction of sp³-hybridized carbons (Fsp3) is 0.357. The van der Waals surface area contributed by atoms with E-state index in [0.717, 1.165) is 5.56 Å². The van der Waals surface area contributed by atoms with Crippen LogP contribution < -0.4 is 4.72 Å². The van der Waals surface area contributed by atoms with E-state index < -0.39 is 10.0 Å². The van der Waals surface area contributed by atoms with Gasteiger partial charge < -0.3 is 0 Å². The number of rotatable bonds is 6. The van der Waals surface area contributed by atoms with Crippen LogP contribution >= 0.6 is 0 Å². The smallest absolute Gasteiger partial charge is 0.243 e. The molecule has 21 heavy (non-hydrogen) atoms. The number of nitrogens with one attached hydrogen (secondary N) is 1. The van der Waals surface area contributed by atoms with E-state index in [9.17, 15) is 12.8 Å². The highest BCUT2D eigenvalue weighted by Crippen LogP contribution is 2.13. The van der Waals surface area contributed by atoms with E-state index >= 15 is 0 Å². The molecule has 1 N–H and O–H groups in total. The van der Waals surface area contributed by atoms with Crippen molar-refractivity contribution in [3.05, 3.63) is 47.5 Å². The minimum absolute atomic E-state index is 0.198. The Morgan fingerprint density at radius 1 is 1.29 bits per heavy atom. The Bertz CT molecular complexity index is 708. The number of hydrogen-bond acceptors (Lipinski definition) is 3. The molecule has 0 bridgehead atoms. The highest BCUT2D eigenvalue weighted by molar-refractivity contribution is 7.89. The van der Waals surface area contributed by atoms with Gasteiger partial charge in [0.15, 0.2) is 0 Å². The fourth-order valence-corrected chi connectivity index (χ4v) is 3.20. The first kappa shape index (κ1) is 15.7. The maximum absolute atomic E-state index is 12.8. The fourth-order valence-electron chi connectivity index (χ4n) is 1.98. The van der Waals surface area contributed by atoms with Crippen molar-refractivity contribution in [2.24, 2.45) is 0 Å². The van der Waals surface area contributed by atoms with E-state index in [1.54, 1.807) is 23.7 Å². The van der Waals surface area contributed by atoms with Crippen molar-refractivity contribution in [3.8, 4) is 0 Å². The van der Waals surface area contributed by atoms with Gasteiger partial charge in [0.2, 0.25) is 10.0 Å². The lowest BCUT2D eigenvalue weighted by molar-refractivity contribution is 0.580. The number of benzene rings is 1. The molecule has 0 unspecified atom stereocenters. The van der Waals surface area contributed by atoms with Crippen molar-refractivity contribution in [2.45, 2.75) is 31.7 Å². The van der Waals surface area contributed by atoms with Crippen LogP contribution in [-0.2, 0) is 23.0 Å². The standard InChI is InChI=1S/C14H18FN3O2S/c1-3-18-10-14(11(2)17-18)21(19,20)16-9-8-12-4-6-13(15)7-5-12/h4-7,10,16H,3,8-9H2,1-2H3. The Balaban J connectivity index is 2.01. The predicted octanol–water partition coefficient (Wildman–Crippen LogP) is 1.87. The van der Waals surface area contributed by atoms with E-state index in [1.165, 1.54) is 18.3 Å². The zero-order chi connectivity index (χ0) is 15.5. The summed E-state index contributed by atoms with van der Waals surface area (Å²) in [4.78, 5) is 0.198. The second kappa shape index (κ2) is 6.36. The summed E-state index contributed by atoms with van der Waals surface area (Å²) >= 11 is 0. The van der Waals surface area contributed by atoms with E-state index in [1.807, 2.05) is 6.92 Å². The summed E-state index contributed by atoms with van der Waals surface area (Å²) in [5, 5.41) is 4.13. The van der Waals surface area contributed by atoms with Crippen LogP contribution in [0, 0.1) is 12.7 Å². The first-order valence-corrected chi connectivity index (χ1v) is 8.19. The third kappa shape index (κ3) is 3.89. The SMILES string of the molecule is CCn1cc(S(=O)(=O)NCCc2ccc(F)cc2)c(C)n1. The molecule has 7 heteroatoms. The molecule has 1 aromatic heterocycles. The van der Waals surface area contributed by atoms with Crippen LogP contribution in [0.4, 0.5) is 4.39 Å². The van der Waals surface area contributed by atoms with Crippen molar-refractivity contribution >= 4 is 10.0 Å². The molecular weight excluding hydrogens is 293 g/mol. The summed E-state index contributed by atoms with van der Waals surface area (Å²) in [5.74, 6) is -0.304. The summed E-state index contributed by atoms with van der Waals surface area (Å²) < 4.78 is 41.3. The minimum Gasteiger partial charge on any atom is -0.271 e. The van der Waals surface area contributed by atoms with Crippen molar-refractivity contribution in [1.29, 1.82) is 0 Å². The molecule has 0 saturated heterocycles. The lowest BCUT2D eigenvalue weighted by atomic mass is 10.1. The summed E-state index contributed by atoms with van der Waals surface area (Å²) in [6.07, 6.45) is 2.02. The zero-order valence-electron chi connectivity index (χ0n) is 12.0. The van der Waals surface area contributed by atoms with Crippen LogP contribution in [0.1, 0.15) is 18.2 Å². The highest BCUT2D eigenvalue weighted by atomic mass is 32.2. The van der Waals surface area contributed by atoms with Crippen LogP contribution in [-0.4, -0.2) is 24.7 Å².